The Kier molecular flexibility index (Phi) is 7.67. The fourth-order valence-electron chi connectivity index (χ4n) is 2.85. The maximum Gasteiger partial charge on any atom is 0.238 e. The smallest absolute Gasteiger partial charge is 0.238 e. The van der Waals surface area contributed by atoms with Gasteiger partial charge in [0.2, 0.25) is 10.0 Å². The second-order valence-electron chi connectivity index (χ2n) is 6.22. The van der Waals surface area contributed by atoms with Gasteiger partial charge >= 0.3 is 0 Å². The molecule has 0 aliphatic carbocycles. The van der Waals surface area contributed by atoms with E-state index < -0.39 is 10.0 Å². The number of nitrogens with zero attached hydrogens (tertiary/aromatic N) is 2. The van der Waals surface area contributed by atoms with Crippen molar-refractivity contribution in [3.63, 3.8) is 0 Å². The molecule has 25 heavy (non-hydrogen) atoms. The van der Waals surface area contributed by atoms with Gasteiger partial charge in [-0.2, -0.15) is 0 Å². The summed E-state index contributed by atoms with van der Waals surface area (Å²) in [6.07, 6.45) is 3.91. The summed E-state index contributed by atoms with van der Waals surface area (Å²) in [7, 11) is -3.69. The van der Waals surface area contributed by atoms with E-state index in [1.54, 1.807) is 12.1 Å². The van der Waals surface area contributed by atoms with E-state index in [0.717, 1.165) is 31.2 Å². The molecule has 1 aromatic rings. The number of aliphatic imine (C=N–C) groups is 1. The highest BCUT2D eigenvalue weighted by Crippen LogP contribution is 2.10. The monoisotopic (exact) mass is 367 g/mol. The number of guanidine groups is 1. The summed E-state index contributed by atoms with van der Waals surface area (Å²) in [4.78, 5) is 7.11. The van der Waals surface area contributed by atoms with Crippen molar-refractivity contribution in [1.29, 1.82) is 0 Å². The second kappa shape index (κ2) is 9.74. The number of benzene rings is 1. The summed E-state index contributed by atoms with van der Waals surface area (Å²) in [6, 6.07) is 6.58. The first kappa shape index (κ1) is 19.7. The Morgan fingerprint density at radius 3 is 2.68 bits per heavy atom. The molecule has 0 saturated carbocycles. The summed E-state index contributed by atoms with van der Waals surface area (Å²) in [6.45, 7) is 7.37. The van der Waals surface area contributed by atoms with Gasteiger partial charge in [-0.15, -0.1) is 0 Å². The van der Waals surface area contributed by atoms with Crippen LogP contribution in [0.25, 0.3) is 0 Å². The molecule has 140 valence electrons. The summed E-state index contributed by atoms with van der Waals surface area (Å²) in [5, 5.41) is 11.7. The number of hydrogen-bond acceptors (Lipinski definition) is 4. The van der Waals surface area contributed by atoms with Crippen LogP contribution >= 0.6 is 0 Å². The molecule has 0 spiro atoms. The topological polar surface area (TPSA) is 99.8 Å². The van der Waals surface area contributed by atoms with E-state index in [2.05, 4.69) is 20.5 Å². The lowest BCUT2D eigenvalue weighted by atomic mass is 10.1. The van der Waals surface area contributed by atoms with Gasteiger partial charge in [0.15, 0.2) is 5.96 Å². The number of primary sulfonamides is 1. The van der Waals surface area contributed by atoms with Crippen LogP contribution in [-0.4, -0.2) is 52.0 Å². The van der Waals surface area contributed by atoms with E-state index in [-0.39, 0.29) is 4.90 Å². The standard InChI is InChI=1S/C17H29N5O2S/c1-2-19-17(20-9-12-22-10-4-3-5-11-22)21-14-15-7-6-8-16(13-15)25(18,23)24/h6-8,13H,2-5,9-12,14H2,1H3,(H2,18,23,24)(H2,19,20,21). The van der Waals surface area contributed by atoms with Crippen molar-refractivity contribution in [1.82, 2.24) is 15.5 Å². The van der Waals surface area contributed by atoms with E-state index >= 15 is 0 Å². The number of likely N-dealkylation sites (tertiary alicyclic amines) is 1. The highest BCUT2D eigenvalue weighted by Gasteiger charge is 2.10. The normalized spacial score (nSPS) is 16.6. The molecule has 0 atom stereocenters. The zero-order valence-corrected chi connectivity index (χ0v) is 15.7. The molecule has 2 rings (SSSR count). The Morgan fingerprint density at radius 1 is 1.24 bits per heavy atom. The van der Waals surface area contributed by atoms with Gasteiger partial charge in [0.1, 0.15) is 0 Å². The summed E-state index contributed by atoms with van der Waals surface area (Å²) in [5.74, 6) is 0.737. The molecule has 1 fully saturated rings. The van der Waals surface area contributed by atoms with Crippen LogP contribution < -0.4 is 15.8 Å². The van der Waals surface area contributed by atoms with Gasteiger partial charge in [0.05, 0.1) is 11.4 Å². The van der Waals surface area contributed by atoms with Gasteiger partial charge in [0.25, 0.3) is 0 Å². The quantitative estimate of drug-likeness (QED) is 0.491. The van der Waals surface area contributed by atoms with Crippen molar-refractivity contribution in [2.45, 2.75) is 37.6 Å². The van der Waals surface area contributed by atoms with E-state index in [9.17, 15) is 8.42 Å². The zero-order valence-electron chi connectivity index (χ0n) is 14.9. The van der Waals surface area contributed by atoms with Crippen LogP contribution in [-0.2, 0) is 16.6 Å². The first-order valence-corrected chi connectivity index (χ1v) is 10.4. The molecule has 1 aromatic carbocycles. The van der Waals surface area contributed by atoms with Crippen LogP contribution in [0.1, 0.15) is 31.7 Å². The predicted octanol–water partition coefficient (Wildman–Crippen LogP) is 0.875. The summed E-state index contributed by atoms with van der Waals surface area (Å²) >= 11 is 0. The molecular formula is C17H29N5O2S. The number of nitrogens with two attached hydrogens (primary N) is 1. The van der Waals surface area contributed by atoms with Gasteiger partial charge in [0, 0.05) is 19.6 Å². The molecule has 0 unspecified atom stereocenters. The van der Waals surface area contributed by atoms with Gasteiger partial charge in [-0.25, -0.2) is 18.5 Å². The van der Waals surface area contributed by atoms with Gasteiger partial charge in [-0.1, -0.05) is 18.6 Å². The molecular weight excluding hydrogens is 338 g/mol. The first-order chi connectivity index (χ1) is 12.0. The molecule has 1 aliphatic heterocycles. The Hall–Kier alpha value is -1.64. The van der Waals surface area contributed by atoms with Gasteiger partial charge < -0.3 is 15.5 Å². The third kappa shape index (κ3) is 7.01. The minimum atomic E-state index is -3.69. The SMILES string of the molecule is CCNC(=NCc1cccc(S(N)(=O)=O)c1)NCCN1CCCCC1. The lowest BCUT2D eigenvalue weighted by molar-refractivity contribution is 0.232. The second-order valence-corrected chi connectivity index (χ2v) is 7.78. The van der Waals surface area contributed by atoms with Gasteiger partial charge in [-0.3, -0.25) is 0 Å². The minimum absolute atomic E-state index is 0.114. The largest absolute Gasteiger partial charge is 0.357 e. The Morgan fingerprint density at radius 2 is 2.00 bits per heavy atom. The van der Waals surface area contributed by atoms with Crippen molar-refractivity contribution in [2.24, 2.45) is 10.1 Å². The van der Waals surface area contributed by atoms with Crippen LogP contribution in [0.3, 0.4) is 0 Å². The number of piperidine rings is 1. The molecule has 7 nitrogen and oxygen atoms in total. The van der Waals surface area contributed by atoms with E-state index in [4.69, 9.17) is 5.14 Å². The predicted molar refractivity (Wildman–Crippen MR) is 101 cm³/mol. The third-order valence-electron chi connectivity index (χ3n) is 4.16. The maximum absolute atomic E-state index is 11.4. The molecule has 1 heterocycles. The molecule has 0 amide bonds. The molecule has 1 aliphatic rings. The Labute approximate surface area is 150 Å². The number of sulfonamides is 1. The van der Waals surface area contributed by atoms with Crippen molar-refractivity contribution in [3.05, 3.63) is 29.8 Å². The molecule has 0 radical (unpaired) electrons. The molecule has 1 saturated heterocycles. The summed E-state index contributed by atoms with van der Waals surface area (Å²) < 4.78 is 22.9. The third-order valence-corrected chi connectivity index (χ3v) is 5.07. The molecule has 0 aromatic heterocycles. The van der Waals surface area contributed by atoms with Crippen molar-refractivity contribution in [2.75, 3.05) is 32.7 Å². The fraction of sp³-hybridized carbons (Fsp3) is 0.588. The van der Waals surface area contributed by atoms with Gasteiger partial charge in [-0.05, 0) is 50.6 Å². The minimum Gasteiger partial charge on any atom is -0.357 e. The maximum atomic E-state index is 11.4. The Balaban J connectivity index is 1.90. The van der Waals surface area contributed by atoms with Crippen LogP contribution in [0.15, 0.2) is 34.2 Å². The van der Waals surface area contributed by atoms with Crippen molar-refractivity contribution < 1.29 is 8.42 Å². The molecule has 8 heteroatoms. The van der Waals surface area contributed by atoms with Crippen LogP contribution in [0, 0.1) is 0 Å². The highest BCUT2D eigenvalue weighted by atomic mass is 32.2. The summed E-state index contributed by atoms with van der Waals surface area (Å²) in [5.41, 5.74) is 0.805. The van der Waals surface area contributed by atoms with Crippen LogP contribution in [0.5, 0.6) is 0 Å². The molecule has 0 bridgehead atoms. The Bertz CT molecular complexity index is 669. The van der Waals surface area contributed by atoms with E-state index in [0.29, 0.717) is 6.54 Å². The highest BCUT2D eigenvalue weighted by molar-refractivity contribution is 7.89. The number of nitrogens with one attached hydrogen (secondary N) is 2. The van der Waals surface area contributed by atoms with E-state index in [1.165, 1.54) is 38.4 Å². The van der Waals surface area contributed by atoms with Crippen molar-refractivity contribution in [3.8, 4) is 0 Å². The van der Waals surface area contributed by atoms with Crippen LogP contribution in [0.2, 0.25) is 0 Å². The first-order valence-electron chi connectivity index (χ1n) is 8.85. The number of hydrogen-bond donors (Lipinski definition) is 3. The molecule has 4 N–H and O–H groups in total. The average Bonchev–Trinajstić information content (AvgIpc) is 2.60. The number of rotatable bonds is 7. The van der Waals surface area contributed by atoms with E-state index in [1.807, 2.05) is 13.0 Å². The van der Waals surface area contributed by atoms with Crippen LogP contribution in [0.4, 0.5) is 0 Å². The average molecular weight is 368 g/mol. The van der Waals surface area contributed by atoms with Crippen molar-refractivity contribution >= 4 is 16.0 Å². The lowest BCUT2D eigenvalue weighted by Crippen LogP contribution is -2.42. The fourth-order valence-corrected chi connectivity index (χ4v) is 3.43. The lowest BCUT2D eigenvalue weighted by Gasteiger charge is -2.26. The zero-order chi connectivity index (χ0) is 18.1.